The van der Waals surface area contributed by atoms with Crippen molar-refractivity contribution in [2.45, 2.75) is 77.5 Å². The van der Waals surface area contributed by atoms with Crippen molar-refractivity contribution in [3.63, 3.8) is 0 Å². The minimum Gasteiger partial charge on any atom is -0.353 e. The molecular weight excluding hydrogens is 200 g/mol. The summed E-state index contributed by atoms with van der Waals surface area (Å²) in [5.74, 6) is 0. The van der Waals surface area contributed by atoms with Crippen LogP contribution in [-0.2, 0) is 4.74 Å². The molecule has 0 aromatic rings. The number of hydrogen-bond donors (Lipinski definition) is 0. The summed E-state index contributed by atoms with van der Waals surface area (Å²) in [7, 11) is 0. The van der Waals surface area contributed by atoms with Gasteiger partial charge in [0.15, 0.2) is 5.72 Å². The number of hydrogen-bond acceptors (Lipinski definition) is 3. The van der Waals surface area contributed by atoms with Crippen LogP contribution in [-0.4, -0.2) is 18.4 Å². The van der Waals surface area contributed by atoms with E-state index in [1.165, 1.54) is 32.1 Å². The second-order valence-corrected chi connectivity index (χ2v) is 4.87. The van der Waals surface area contributed by atoms with Gasteiger partial charge in [-0.3, -0.25) is 0 Å². The summed E-state index contributed by atoms with van der Waals surface area (Å²) in [6, 6.07) is 0.449. The predicted octanol–water partition coefficient (Wildman–Crippen LogP) is 4.32. The van der Waals surface area contributed by atoms with E-state index < -0.39 is 0 Å². The van der Waals surface area contributed by atoms with Crippen molar-refractivity contribution < 1.29 is 4.74 Å². The first-order valence-corrected chi connectivity index (χ1v) is 6.76. The van der Waals surface area contributed by atoms with Crippen LogP contribution in [0.1, 0.15) is 65.7 Å². The van der Waals surface area contributed by atoms with Crippen LogP contribution in [0.2, 0.25) is 0 Å². The lowest BCUT2D eigenvalue weighted by Gasteiger charge is -2.24. The Labute approximate surface area is 99.7 Å². The molecule has 0 aliphatic heterocycles. The van der Waals surface area contributed by atoms with Crippen LogP contribution in [0.25, 0.3) is 0 Å². The molecule has 1 fully saturated rings. The average Bonchev–Trinajstić information content (AvgIpc) is 2.29. The van der Waals surface area contributed by atoms with Crippen molar-refractivity contribution in [2.24, 2.45) is 10.2 Å². The van der Waals surface area contributed by atoms with Gasteiger partial charge in [-0.15, -0.1) is 0 Å². The molecule has 0 aromatic heterocycles. The Bertz CT molecular complexity index is 204. The van der Waals surface area contributed by atoms with E-state index in [0.717, 1.165) is 12.8 Å². The second kappa shape index (κ2) is 7.00. The smallest absolute Gasteiger partial charge is 0.176 e. The van der Waals surface area contributed by atoms with Crippen LogP contribution in [0.15, 0.2) is 10.2 Å². The van der Waals surface area contributed by atoms with Crippen LogP contribution in [0.3, 0.4) is 0 Å². The molecule has 1 saturated carbocycles. The summed E-state index contributed by atoms with van der Waals surface area (Å²) in [6.45, 7) is 6.93. The molecule has 0 amide bonds. The van der Waals surface area contributed by atoms with Crippen LogP contribution in [0.4, 0.5) is 0 Å². The van der Waals surface area contributed by atoms with Gasteiger partial charge < -0.3 is 4.74 Å². The molecule has 94 valence electrons. The number of rotatable bonds is 6. The summed E-state index contributed by atoms with van der Waals surface area (Å²) in [4.78, 5) is 0. The fraction of sp³-hybridized carbons (Fsp3) is 1.00. The van der Waals surface area contributed by atoms with Gasteiger partial charge in [-0.2, -0.15) is 10.2 Å². The van der Waals surface area contributed by atoms with Crippen molar-refractivity contribution in [3.8, 4) is 0 Å². The zero-order valence-electron chi connectivity index (χ0n) is 11.0. The molecule has 0 saturated heterocycles. The first-order chi connectivity index (χ1) is 7.70. The normalized spacial score (nSPS) is 22.4. The van der Waals surface area contributed by atoms with Crippen molar-refractivity contribution in [1.29, 1.82) is 0 Å². The maximum absolute atomic E-state index is 5.70. The second-order valence-electron chi connectivity index (χ2n) is 4.87. The molecule has 1 aliphatic carbocycles. The zero-order valence-corrected chi connectivity index (χ0v) is 11.0. The minimum atomic E-state index is -0.388. The van der Waals surface area contributed by atoms with E-state index in [2.05, 4.69) is 17.2 Å². The SMILES string of the molecule is CCCC(C)(/N=N/C1CCCCC1)OCC. The molecule has 3 heteroatoms. The van der Waals surface area contributed by atoms with Gasteiger partial charge in [-0.25, -0.2) is 0 Å². The Morgan fingerprint density at radius 1 is 1.19 bits per heavy atom. The molecule has 0 spiro atoms. The van der Waals surface area contributed by atoms with E-state index in [1.807, 2.05) is 13.8 Å². The lowest BCUT2D eigenvalue weighted by molar-refractivity contribution is -0.0312. The summed E-state index contributed by atoms with van der Waals surface area (Å²) in [5.41, 5.74) is -0.388. The average molecular weight is 226 g/mol. The summed E-state index contributed by atoms with van der Waals surface area (Å²) in [5, 5.41) is 8.95. The van der Waals surface area contributed by atoms with Gasteiger partial charge in [0.1, 0.15) is 0 Å². The van der Waals surface area contributed by atoms with E-state index >= 15 is 0 Å². The lowest BCUT2D eigenvalue weighted by Crippen LogP contribution is -2.26. The maximum Gasteiger partial charge on any atom is 0.176 e. The molecule has 1 unspecified atom stereocenters. The van der Waals surface area contributed by atoms with Crippen LogP contribution < -0.4 is 0 Å². The molecule has 0 N–H and O–H groups in total. The van der Waals surface area contributed by atoms with Gasteiger partial charge >= 0.3 is 0 Å². The highest BCUT2D eigenvalue weighted by Crippen LogP contribution is 2.24. The third-order valence-electron chi connectivity index (χ3n) is 3.18. The van der Waals surface area contributed by atoms with Crippen molar-refractivity contribution in [1.82, 2.24) is 0 Å². The van der Waals surface area contributed by atoms with Gasteiger partial charge in [0, 0.05) is 6.61 Å². The molecule has 3 nitrogen and oxygen atoms in total. The van der Waals surface area contributed by atoms with E-state index in [-0.39, 0.29) is 5.72 Å². The van der Waals surface area contributed by atoms with Gasteiger partial charge in [0.25, 0.3) is 0 Å². The first kappa shape index (κ1) is 13.6. The molecule has 1 aliphatic rings. The fourth-order valence-corrected chi connectivity index (χ4v) is 2.33. The van der Waals surface area contributed by atoms with Gasteiger partial charge in [-0.1, -0.05) is 32.6 Å². The molecule has 1 rings (SSSR count). The molecule has 0 radical (unpaired) electrons. The van der Waals surface area contributed by atoms with Gasteiger partial charge in [0.2, 0.25) is 0 Å². The quantitative estimate of drug-likeness (QED) is 0.621. The zero-order chi connectivity index (χ0) is 11.9. The number of ether oxygens (including phenoxy) is 1. The topological polar surface area (TPSA) is 34.0 Å². The highest BCUT2D eigenvalue weighted by molar-refractivity contribution is 4.74. The molecular formula is C13H26N2O. The number of azo groups is 1. The van der Waals surface area contributed by atoms with Crippen LogP contribution in [0.5, 0.6) is 0 Å². The van der Waals surface area contributed by atoms with E-state index in [1.54, 1.807) is 0 Å². The fourth-order valence-electron chi connectivity index (χ4n) is 2.33. The van der Waals surface area contributed by atoms with E-state index in [4.69, 9.17) is 4.74 Å². The monoisotopic (exact) mass is 226 g/mol. The van der Waals surface area contributed by atoms with Crippen LogP contribution >= 0.6 is 0 Å². The van der Waals surface area contributed by atoms with Gasteiger partial charge in [-0.05, 0) is 33.1 Å². The maximum atomic E-state index is 5.70. The first-order valence-electron chi connectivity index (χ1n) is 6.76. The lowest BCUT2D eigenvalue weighted by atomic mass is 9.96. The molecule has 16 heavy (non-hydrogen) atoms. The third-order valence-corrected chi connectivity index (χ3v) is 3.18. The minimum absolute atomic E-state index is 0.388. The van der Waals surface area contributed by atoms with E-state index in [0.29, 0.717) is 12.6 Å². The Kier molecular flexibility index (Phi) is 5.96. The highest BCUT2D eigenvalue weighted by atomic mass is 16.5. The van der Waals surface area contributed by atoms with Gasteiger partial charge in [0.05, 0.1) is 6.04 Å². The van der Waals surface area contributed by atoms with Crippen molar-refractivity contribution >= 4 is 0 Å². The largest absolute Gasteiger partial charge is 0.353 e. The van der Waals surface area contributed by atoms with Crippen molar-refractivity contribution in [3.05, 3.63) is 0 Å². The standard InChI is InChI=1S/C13H26N2O/c1-4-11-13(3,16-5-2)15-14-12-9-7-6-8-10-12/h12H,4-11H2,1-3H3/b15-14+. The Morgan fingerprint density at radius 2 is 1.88 bits per heavy atom. The Hall–Kier alpha value is -0.440. The van der Waals surface area contributed by atoms with Crippen molar-refractivity contribution in [2.75, 3.05) is 6.61 Å². The predicted molar refractivity (Wildman–Crippen MR) is 66.7 cm³/mol. The summed E-state index contributed by atoms with van der Waals surface area (Å²) >= 11 is 0. The molecule has 0 heterocycles. The van der Waals surface area contributed by atoms with E-state index in [9.17, 15) is 0 Å². The molecule has 1 atom stereocenters. The van der Waals surface area contributed by atoms with Crippen LogP contribution in [0, 0.1) is 0 Å². The summed E-state index contributed by atoms with van der Waals surface area (Å²) in [6.07, 6.45) is 8.43. The Balaban J connectivity index is 2.48. The summed E-state index contributed by atoms with van der Waals surface area (Å²) < 4.78 is 5.70. The Morgan fingerprint density at radius 3 is 2.44 bits per heavy atom. The number of nitrogens with zero attached hydrogens (tertiary/aromatic N) is 2. The third kappa shape index (κ3) is 4.60. The highest BCUT2D eigenvalue weighted by Gasteiger charge is 2.23. The molecule has 0 bridgehead atoms. The molecule has 0 aromatic carbocycles.